The molecule has 98 valence electrons. The summed E-state index contributed by atoms with van der Waals surface area (Å²) in [6.45, 7) is 2.15. The Morgan fingerprint density at radius 3 is 2.24 bits per heavy atom. The van der Waals surface area contributed by atoms with Gasteiger partial charge in [-0.05, 0) is 44.9 Å². The Balaban J connectivity index is 1.91. The molecule has 2 fully saturated rings. The molecule has 0 aromatic carbocycles. The molecular weight excluding hydrogens is 212 g/mol. The number of hydrogen-bond acceptors (Lipinski definition) is 2. The molecule has 2 heteroatoms. The minimum atomic E-state index is -0.129. The molecule has 0 aromatic rings. The maximum atomic E-state index is 12.4. The van der Waals surface area contributed by atoms with Gasteiger partial charge < -0.3 is 4.74 Å². The topological polar surface area (TPSA) is 26.3 Å². The van der Waals surface area contributed by atoms with Crippen LogP contribution in [0.15, 0.2) is 0 Å². The fraction of sp³-hybridized carbons (Fsp3) is 0.933. The van der Waals surface area contributed by atoms with Gasteiger partial charge in [-0.15, -0.1) is 0 Å². The predicted octanol–water partition coefficient (Wildman–Crippen LogP) is 4.22. The van der Waals surface area contributed by atoms with E-state index >= 15 is 0 Å². The lowest BCUT2D eigenvalue weighted by Gasteiger charge is -2.36. The second-order valence-electron chi connectivity index (χ2n) is 5.86. The molecule has 0 spiro atoms. The van der Waals surface area contributed by atoms with Crippen molar-refractivity contribution >= 4 is 5.97 Å². The number of carbonyl (C=O) groups excluding carboxylic acids is 1. The Hall–Kier alpha value is -0.530. The van der Waals surface area contributed by atoms with Crippen molar-refractivity contribution in [1.29, 1.82) is 0 Å². The zero-order chi connectivity index (χ0) is 12.1. The largest absolute Gasteiger partial charge is 0.462 e. The number of hydrogen-bond donors (Lipinski definition) is 0. The number of ether oxygens (including phenoxy) is 1. The highest BCUT2D eigenvalue weighted by molar-refractivity contribution is 5.77. The molecule has 0 aromatic heterocycles. The van der Waals surface area contributed by atoms with Crippen LogP contribution in [-0.4, -0.2) is 12.1 Å². The Labute approximate surface area is 105 Å². The van der Waals surface area contributed by atoms with E-state index in [1.165, 1.54) is 38.5 Å². The second kappa shape index (κ2) is 5.88. The van der Waals surface area contributed by atoms with Crippen LogP contribution < -0.4 is 0 Å². The molecular formula is C15H26O2. The summed E-state index contributed by atoms with van der Waals surface area (Å²) in [5.41, 5.74) is -0.129. The molecule has 2 nitrogen and oxygen atoms in total. The van der Waals surface area contributed by atoms with Crippen LogP contribution in [0, 0.1) is 5.41 Å². The molecule has 0 amide bonds. The maximum Gasteiger partial charge on any atom is 0.312 e. The first-order valence-corrected chi connectivity index (χ1v) is 7.48. The Kier molecular flexibility index (Phi) is 4.47. The molecule has 2 aliphatic carbocycles. The summed E-state index contributed by atoms with van der Waals surface area (Å²) in [6.07, 6.45) is 12.9. The van der Waals surface area contributed by atoms with Crippen molar-refractivity contribution in [1.82, 2.24) is 0 Å². The molecule has 0 heterocycles. The van der Waals surface area contributed by atoms with Crippen molar-refractivity contribution in [2.75, 3.05) is 0 Å². The lowest BCUT2D eigenvalue weighted by Crippen LogP contribution is -2.37. The molecule has 2 aliphatic rings. The van der Waals surface area contributed by atoms with E-state index in [9.17, 15) is 4.79 Å². The Morgan fingerprint density at radius 1 is 1.06 bits per heavy atom. The molecule has 0 N–H and O–H groups in total. The van der Waals surface area contributed by atoms with E-state index in [1.54, 1.807) is 0 Å². The van der Waals surface area contributed by atoms with Crippen LogP contribution in [-0.2, 0) is 9.53 Å². The summed E-state index contributed by atoms with van der Waals surface area (Å²) in [7, 11) is 0. The number of rotatable bonds is 3. The molecule has 0 saturated heterocycles. The van der Waals surface area contributed by atoms with Crippen LogP contribution in [0.1, 0.15) is 77.6 Å². The molecule has 0 aliphatic heterocycles. The summed E-state index contributed by atoms with van der Waals surface area (Å²) in [5, 5.41) is 0. The fourth-order valence-electron chi connectivity index (χ4n) is 3.39. The number of esters is 1. The zero-order valence-corrected chi connectivity index (χ0v) is 11.2. The normalized spacial score (nSPS) is 25.5. The molecule has 17 heavy (non-hydrogen) atoms. The average molecular weight is 238 g/mol. The third-order valence-corrected chi connectivity index (χ3v) is 4.75. The molecule has 2 saturated carbocycles. The molecule has 0 atom stereocenters. The molecule has 2 rings (SSSR count). The van der Waals surface area contributed by atoms with Crippen LogP contribution >= 0.6 is 0 Å². The van der Waals surface area contributed by atoms with Crippen molar-refractivity contribution in [2.45, 2.75) is 83.7 Å². The van der Waals surface area contributed by atoms with Crippen molar-refractivity contribution in [3.05, 3.63) is 0 Å². The zero-order valence-electron chi connectivity index (χ0n) is 11.2. The van der Waals surface area contributed by atoms with Gasteiger partial charge in [0.15, 0.2) is 0 Å². The summed E-state index contributed by atoms with van der Waals surface area (Å²) in [5.74, 6) is 0.117. The summed E-state index contributed by atoms with van der Waals surface area (Å²) in [6, 6.07) is 0. The smallest absolute Gasteiger partial charge is 0.312 e. The highest BCUT2D eigenvalue weighted by atomic mass is 16.5. The van der Waals surface area contributed by atoms with E-state index < -0.39 is 0 Å². The highest BCUT2D eigenvalue weighted by Gasteiger charge is 2.40. The van der Waals surface area contributed by atoms with Gasteiger partial charge in [-0.3, -0.25) is 4.79 Å². The van der Waals surface area contributed by atoms with Crippen molar-refractivity contribution in [3.63, 3.8) is 0 Å². The first-order chi connectivity index (χ1) is 8.27. The SMILES string of the molecule is CCC1(C(=O)OC2CCCCC2)CCCCC1. The minimum Gasteiger partial charge on any atom is -0.462 e. The van der Waals surface area contributed by atoms with E-state index in [0.717, 1.165) is 32.1 Å². The maximum absolute atomic E-state index is 12.4. The van der Waals surface area contributed by atoms with Crippen LogP contribution in [0.2, 0.25) is 0 Å². The van der Waals surface area contributed by atoms with Crippen LogP contribution in [0.25, 0.3) is 0 Å². The lowest BCUT2D eigenvalue weighted by molar-refractivity contribution is -0.165. The van der Waals surface area contributed by atoms with Crippen LogP contribution in [0.5, 0.6) is 0 Å². The first-order valence-electron chi connectivity index (χ1n) is 7.48. The average Bonchev–Trinajstić information content (AvgIpc) is 2.40. The highest BCUT2D eigenvalue weighted by Crippen LogP contribution is 2.41. The standard InChI is InChI=1S/C15H26O2/c1-2-15(11-7-4-8-12-15)14(16)17-13-9-5-3-6-10-13/h13H,2-12H2,1H3. The van der Waals surface area contributed by atoms with Gasteiger partial charge in [0.05, 0.1) is 5.41 Å². The Bertz CT molecular complexity index is 248. The Morgan fingerprint density at radius 2 is 1.65 bits per heavy atom. The van der Waals surface area contributed by atoms with E-state index in [2.05, 4.69) is 6.92 Å². The van der Waals surface area contributed by atoms with Gasteiger partial charge in [0, 0.05) is 0 Å². The lowest BCUT2D eigenvalue weighted by atomic mass is 9.72. The quantitative estimate of drug-likeness (QED) is 0.688. The monoisotopic (exact) mass is 238 g/mol. The summed E-state index contributed by atoms with van der Waals surface area (Å²) in [4.78, 5) is 12.4. The van der Waals surface area contributed by atoms with Gasteiger partial charge >= 0.3 is 5.97 Å². The molecule has 0 radical (unpaired) electrons. The minimum absolute atomic E-state index is 0.117. The van der Waals surface area contributed by atoms with E-state index in [-0.39, 0.29) is 17.5 Å². The van der Waals surface area contributed by atoms with Gasteiger partial charge in [0.25, 0.3) is 0 Å². The van der Waals surface area contributed by atoms with Gasteiger partial charge in [-0.1, -0.05) is 32.6 Å². The third kappa shape index (κ3) is 3.02. The van der Waals surface area contributed by atoms with Crippen molar-refractivity contribution in [3.8, 4) is 0 Å². The van der Waals surface area contributed by atoms with Gasteiger partial charge in [-0.2, -0.15) is 0 Å². The third-order valence-electron chi connectivity index (χ3n) is 4.75. The molecule has 0 unspecified atom stereocenters. The van der Waals surface area contributed by atoms with Crippen LogP contribution in [0.3, 0.4) is 0 Å². The first kappa shape index (κ1) is 12.9. The number of carbonyl (C=O) groups is 1. The van der Waals surface area contributed by atoms with E-state index in [4.69, 9.17) is 4.74 Å². The van der Waals surface area contributed by atoms with Crippen molar-refractivity contribution in [2.24, 2.45) is 5.41 Å². The van der Waals surface area contributed by atoms with E-state index in [0.29, 0.717) is 0 Å². The van der Waals surface area contributed by atoms with Gasteiger partial charge in [0.1, 0.15) is 6.10 Å². The van der Waals surface area contributed by atoms with E-state index in [1.807, 2.05) is 0 Å². The van der Waals surface area contributed by atoms with Gasteiger partial charge in [0.2, 0.25) is 0 Å². The fourth-order valence-corrected chi connectivity index (χ4v) is 3.39. The second-order valence-corrected chi connectivity index (χ2v) is 5.86. The van der Waals surface area contributed by atoms with Crippen molar-refractivity contribution < 1.29 is 9.53 Å². The van der Waals surface area contributed by atoms with Gasteiger partial charge in [-0.25, -0.2) is 0 Å². The van der Waals surface area contributed by atoms with Crippen LogP contribution in [0.4, 0.5) is 0 Å². The predicted molar refractivity (Wildman–Crippen MR) is 68.8 cm³/mol. The molecule has 0 bridgehead atoms. The summed E-state index contributed by atoms with van der Waals surface area (Å²) >= 11 is 0. The summed E-state index contributed by atoms with van der Waals surface area (Å²) < 4.78 is 5.79.